The van der Waals surface area contributed by atoms with Gasteiger partial charge in [-0.1, -0.05) is 29.3 Å². The molecule has 30 heavy (non-hydrogen) atoms. The summed E-state index contributed by atoms with van der Waals surface area (Å²) in [7, 11) is 0. The highest BCUT2D eigenvalue weighted by molar-refractivity contribution is 8.19. The van der Waals surface area contributed by atoms with Crippen LogP contribution < -0.4 is 4.90 Å². The summed E-state index contributed by atoms with van der Waals surface area (Å²) in [4.78, 5) is 37.0. The van der Waals surface area contributed by atoms with Crippen molar-refractivity contribution in [3.8, 4) is 11.3 Å². The van der Waals surface area contributed by atoms with E-state index in [1.54, 1.807) is 30.3 Å². The minimum atomic E-state index is -0.556. The first-order valence-electron chi connectivity index (χ1n) is 8.41. The second-order valence-electron chi connectivity index (χ2n) is 6.12. The van der Waals surface area contributed by atoms with Crippen molar-refractivity contribution in [2.24, 2.45) is 0 Å². The van der Waals surface area contributed by atoms with Crippen LogP contribution in [0.15, 0.2) is 63.9 Å². The molecule has 2 aromatic carbocycles. The molecule has 0 aliphatic carbocycles. The van der Waals surface area contributed by atoms with Crippen molar-refractivity contribution < 1.29 is 18.9 Å². The summed E-state index contributed by atoms with van der Waals surface area (Å²) < 4.78 is 5.67. The van der Waals surface area contributed by atoms with Gasteiger partial charge >= 0.3 is 0 Å². The molecule has 10 heteroatoms. The Bertz CT molecular complexity index is 1240. The van der Waals surface area contributed by atoms with E-state index in [2.05, 4.69) is 0 Å². The number of carbonyl (C=O) groups is 2. The lowest BCUT2D eigenvalue weighted by molar-refractivity contribution is -0.384. The van der Waals surface area contributed by atoms with Gasteiger partial charge in [0.15, 0.2) is 0 Å². The van der Waals surface area contributed by atoms with E-state index in [0.29, 0.717) is 10.7 Å². The first-order valence-corrected chi connectivity index (χ1v) is 9.98. The molecule has 0 unspecified atom stereocenters. The van der Waals surface area contributed by atoms with Crippen molar-refractivity contribution in [1.29, 1.82) is 0 Å². The lowest BCUT2D eigenvalue weighted by Gasteiger charge is -2.12. The number of hydrogen-bond donors (Lipinski definition) is 0. The molecule has 3 aromatic rings. The molecule has 7 nitrogen and oxygen atoms in total. The van der Waals surface area contributed by atoms with Crippen LogP contribution in [0.1, 0.15) is 5.76 Å². The summed E-state index contributed by atoms with van der Waals surface area (Å²) in [6.45, 7) is 0. The smallest absolute Gasteiger partial charge is 0.298 e. The second kappa shape index (κ2) is 7.98. The number of halogens is 2. The number of anilines is 1. The molecule has 0 spiro atoms. The summed E-state index contributed by atoms with van der Waals surface area (Å²) in [6, 6.07) is 13.7. The highest BCUT2D eigenvalue weighted by Gasteiger charge is 2.36. The molecule has 4 rings (SSSR count). The average molecular weight is 461 g/mol. The van der Waals surface area contributed by atoms with E-state index in [9.17, 15) is 19.7 Å². The molecule has 2 heterocycles. The fraction of sp³-hybridized carbons (Fsp3) is 0. The Morgan fingerprint density at radius 1 is 1.03 bits per heavy atom. The van der Waals surface area contributed by atoms with E-state index < -0.39 is 16.1 Å². The Hall–Kier alpha value is -3.07. The van der Waals surface area contributed by atoms with E-state index in [1.807, 2.05) is 0 Å². The largest absolute Gasteiger partial charge is 0.456 e. The fourth-order valence-corrected chi connectivity index (χ4v) is 4.05. The third kappa shape index (κ3) is 3.85. The third-order valence-corrected chi connectivity index (χ3v) is 5.52. The quantitative estimate of drug-likeness (QED) is 0.254. The Labute approximate surface area is 184 Å². The molecule has 0 N–H and O–H groups in total. The number of nitrogens with zero attached hydrogens (tertiary/aromatic N) is 2. The fourth-order valence-electron chi connectivity index (χ4n) is 2.87. The maximum atomic E-state index is 12.7. The van der Waals surface area contributed by atoms with Crippen molar-refractivity contribution in [3.63, 3.8) is 0 Å². The molecule has 2 amide bonds. The minimum absolute atomic E-state index is 0.159. The Balaban J connectivity index is 1.65. The summed E-state index contributed by atoms with van der Waals surface area (Å²) >= 11 is 12.6. The van der Waals surface area contributed by atoms with Gasteiger partial charge in [0.25, 0.3) is 16.8 Å². The lowest BCUT2D eigenvalue weighted by Crippen LogP contribution is -2.27. The zero-order chi connectivity index (χ0) is 21.4. The molecular formula is C20H10Cl2N2O5S. The Kier molecular flexibility index (Phi) is 5.38. The minimum Gasteiger partial charge on any atom is -0.456 e. The predicted molar refractivity (Wildman–Crippen MR) is 116 cm³/mol. The predicted octanol–water partition coefficient (Wildman–Crippen LogP) is 6.40. The van der Waals surface area contributed by atoms with Crippen LogP contribution in [0.2, 0.25) is 10.0 Å². The Morgan fingerprint density at radius 3 is 2.53 bits per heavy atom. The van der Waals surface area contributed by atoms with Gasteiger partial charge in [-0.15, -0.1) is 0 Å². The number of benzene rings is 2. The lowest BCUT2D eigenvalue weighted by atomic mass is 10.1. The van der Waals surface area contributed by atoms with Gasteiger partial charge in [0.1, 0.15) is 11.5 Å². The van der Waals surface area contributed by atoms with Gasteiger partial charge in [0.2, 0.25) is 0 Å². The van der Waals surface area contributed by atoms with Crippen LogP contribution in [-0.2, 0) is 4.79 Å². The van der Waals surface area contributed by atoms with E-state index >= 15 is 0 Å². The average Bonchev–Trinajstić information content (AvgIpc) is 3.26. The van der Waals surface area contributed by atoms with E-state index in [1.165, 1.54) is 30.3 Å². The van der Waals surface area contributed by atoms with Crippen LogP contribution in [-0.4, -0.2) is 16.1 Å². The zero-order valence-corrected chi connectivity index (χ0v) is 17.2. The number of amides is 2. The number of imide groups is 1. The van der Waals surface area contributed by atoms with Gasteiger partial charge in [0, 0.05) is 22.2 Å². The molecule has 0 bridgehead atoms. The molecular weight excluding hydrogens is 451 g/mol. The zero-order valence-electron chi connectivity index (χ0n) is 14.9. The number of nitro groups is 1. The maximum absolute atomic E-state index is 12.7. The van der Waals surface area contributed by atoms with Crippen molar-refractivity contribution >= 4 is 63.6 Å². The van der Waals surface area contributed by atoms with Gasteiger partial charge in [-0.25, -0.2) is 4.90 Å². The molecule has 1 saturated heterocycles. The SMILES string of the molecule is O=C1S/C(=C/c2ccc(-c3ccc(Cl)cc3[N+](=O)[O-])o2)C(=O)N1c1cccc(Cl)c1. The van der Waals surface area contributed by atoms with Crippen LogP contribution in [0.4, 0.5) is 16.2 Å². The highest BCUT2D eigenvalue weighted by Crippen LogP contribution is 2.38. The molecule has 1 aromatic heterocycles. The topological polar surface area (TPSA) is 93.7 Å². The summed E-state index contributed by atoms with van der Waals surface area (Å²) in [6.07, 6.45) is 1.42. The van der Waals surface area contributed by atoms with Crippen molar-refractivity contribution in [1.82, 2.24) is 0 Å². The van der Waals surface area contributed by atoms with Crippen LogP contribution in [0.25, 0.3) is 17.4 Å². The van der Waals surface area contributed by atoms with Crippen molar-refractivity contribution in [3.05, 3.63) is 85.4 Å². The van der Waals surface area contributed by atoms with Crippen LogP contribution in [0.3, 0.4) is 0 Å². The monoisotopic (exact) mass is 460 g/mol. The number of thioether (sulfide) groups is 1. The van der Waals surface area contributed by atoms with Crippen LogP contribution in [0, 0.1) is 10.1 Å². The van der Waals surface area contributed by atoms with E-state index in [0.717, 1.165) is 16.7 Å². The first kappa shape index (κ1) is 20.2. The molecule has 0 saturated carbocycles. The molecule has 0 atom stereocenters. The summed E-state index contributed by atoms with van der Waals surface area (Å²) in [5, 5.41) is 11.5. The second-order valence-corrected chi connectivity index (χ2v) is 7.98. The molecule has 0 radical (unpaired) electrons. The number of rotatable bonds is 4. The molecule has 150 valence electrons. The Morgan fingerprint density at radius 2 is 1.80 bits per heavy atom. The van der Waals surface area contributed by atoms with Crippen molar-refractivity contribution in [2.75, 3.05) is 4.90 Å². The first-order chi connectivity index (χ1) is 14.3. The van der Waals surface area contributed by atoms with E-state index in [4.69, 9.17) is 27.6 Å². The van der Waals surface area contributed by atoms with Crippen LogP contribution >= 0.6 is 35.0 Å². The summed E-state index contributed by atoms with van der Waals surface area (Å²) in [5.74, 6) is -0.00720. The molecule has 1 fully saturated rings. The molecule has 1 aliphatic rings. The van der Waals surface area contributed by atoms with Crippen LogP contribution in [0.5, 0.6) is 0 Å². The normalized spacial score (nSPS) is 15.3. The molecule has 1 aliphatic heterocycles. The summed E-state index contributed by atoms with van der Waals surface area (Å²) in [5.41, 5.74) is 0.408. The number of hydrogen-bond acceptors (Lipinski definition) is 6. The van der Waals surface area contributed by atoms with E-state index in [-0.39, 0.29) is 32.7 Å². The van der Waals surface area contributed by atoms with Gasteiger partial charge in [0.05, 0.1) is 21.1 Å². The van der Waals surface area contributed by atoms with Gasteiger partial charge < -0.3 is 4.42 Å². The highest BCUT2D eigenvalue weighted by atomic mass is 35.5. The maximum Gasteiger partial charge on any atom is 0.298 e. The van der Waals surface area contributed by atoms with Crippen molar-refractivity contribution in [2.45, 2.75) is 0 Å². The van der Waals surface area contributed by atoms with Gasteiger partial charge in [-0.05, 0) is 54.2 Å². The number of carbonyl (C=O) groups excluding carboxylic acids is 2. The number of furan rings is 1. The standard InChI is InChI=1S/C20H10Cl2N2O5S/c21-11-2-1-3-13(8-11)23-19(25)18(30-20(23)26)10-14-5-7-17(29-14)15-6-4-12(22)9-16(15)24(27)28/h1-10H/b18-10+. The van der Waals surface area contributed by atoms with Gasteiger partial charge in [-0.3, -0.25) is 19.7 Å². The number of nitro benzene ring substituents is 1. The van der Waals surface area contributed by atoms with Gasteiger partial charge in [-0.2, -0.15) is 0 Å². The third-order valence-electron chi connectivity index (χ3n) is 4.18.